The number of thioether (sulfide) groups is 1. The molecule has 1 aliphatic rings. The standard InChI is InChI=1S/C26H29N3O5S2/c1-3-12-32-25(31)27-14-18-4-10-21(11-5-18)24-33-22(16-35-26-29-28-17(2)36-26)13-23(34-24)20-8-6-19(15-30)7-9-20/h3-11,22-24,30H,1,12-16H2,2H3,(H,27,31)/t22-,23+,24+/m1/s1. The minimum absolute atomic E-state index is 0.00521. The summed E-state index contributed by atoms with van der Waals surface area (Å²) in [7, 11) is 0. The van der Waals surface area contributed by atoms with E-state index in [-0.39, 0.29) is 25.4 Å². The normalized spacial score (nSPS) is 19.6. The van der Waals surface area contributed by atoms with E-state index in [1.807, 2.05) is 55.5 Å². The number of aliphatic hydroxyl groups is 1. The van der Waals surface area contributed by atoms with Crippen LogP contribution in [0.1, 0.15) is 46.1 Å². The quantitative estimate of drug-likeness (QED) is 0.278. The van der Waals surface area contributed by atoms with Gasteiger partial charge in [-0.1, -0.05) is 84.3 Å². The van der Waals surface area contributed by atoms with Crippen LogP contribution in [0.2, 0.25) is 0 Å². The molecule has 1 aliphatic heterocycles. The van der Waals surface area contributed by atoms with Gasteiger partial charge in [-0.15, -0.1) is 10.2 Å². The Morgan fingerprint density at radius 1 is 1.17 bits per heavy atom. The summed E-state index contributed by atoms with van der Waals surface area (Å²) in [5.74, 6) is 0.731. The molecule has 0 aliphatic carbocycles. The van der Waals surface area contributed by atoms with Crippen molar-refractivity contribution in [2.75, 3.05) is 12.4 Å². The summed E-state index contributed by atoms with van der Waals surface area (Å²) in [5.41, 5.74) is 3.73. The van der Waals surface area contributed by atoms with Crippen molar-refractivity contribution in [1.29, 1.82) is 0 Å². The molecule has 190 valence electrons. The van der Waals surface area contributed by atoms with E-state index in [9.17, 15) is 9.90 Å². The molecule has 10 heteroatoms. The predicted molar refractivity (Wildman–Crippen MR) is 139 cm³/mol. The van der Waals surface area contributed by atoms with E-state index < -0.39 is 12.4 Å². The number of nitrogens with zero attached hydrogens (tertiary/aromatic N) is 2. The molecule has 2 N–H and O–H groups in total. The first-order valence-corrected chi connectivity index (χ1v) is 13.4. The fraction of sp³-hybridized carbons (Fsp3) is 0.346. The third kappa shape index (κ3) is 7.37. The highest BCUT2D eigenvalue weighted by molar-refractivity contribution is 8.01. The number of benzene rings is 2. The number of carbonyl (C=O) groups excluding carboxylic acids is 1. The summed E-state index contributed by atoms with van der Waals surface area (Å²) in [5, 5.41) is 21.3. The summed E-state index contributed by atoms with van der Waals surface area (Å²) in [6, 6.07) is 15.6. The number of aliphatic hydroxyl groups excluding tert-OH is 1. The average molecular weight is 528 g/mol. The molecule has 4 rings (SSSR count). The molecule has 0 bridgehead atoms. The zero-order valence-electron chi connectivity index (χ0n) is 20.0. The van der Waals surface area contributed by atoms with E-state index >= 15 is 0 Å². The largest absolute Gasteiger partial charge is 0.445 e. The lowest BCUT2D eigenvalue weighted by atomic mass is 10.0. The van der Waals surface area contributed by atoms with E-state index in [2.05, 4.69) is 22.1 Å². The van der Waals surface area contributed by atoms with Crippen LogP contribution < -0.4 is 5.32 Å². The minimum atomic E-state index is -0.539. The van der Waals surface area contributed by atoms with Gasteiger partial charge in [-0.05, 0) is 23.6 Å². The Bertz CT molecular complexity index is 1140. The summed E-state index contributed by atoms with van der Waals surface area (Å²) >= 11 is 3.21. The van der Waals surface area contributed by atoms with Crippen molar-refractivity contribution in [3.63, 3.8) is 0 Å². The maximum Gasteiger partial charge on any atom is 0.407 e. The highest BCUT2D eigenvalue weighted by atomic mass is 32.2. The summed E-state index contributed by atoms with van der Waals surface area (Å²) in [6.07, 6.45) is 0.990. The molecule has 0 saturated carbocycles. The van der Waals surface area contributed by atoms with E-state index in [0.29, 0.717) is 13.0 Å². The number of carbonyl (C=O) groups is 1. The highest BCUT2D eigenvalue weighted by Crippen LogP contribution is 2.39. The second-order valence-corrected chi connectivity index (χ2v) is 10.7. The second kappa shape index (κ2) is 13.0. The van der Waals surface area contributed by atoms with Gasteiger partial charge in [-0.25, -0.2) is 4.79 Å². The molecule has 3 atom stereocenters. The number of nitrogens with one attached hydrogen (secondary N) is 1. The number of aryl methyl sites for hydroxylation is 1. The van der Waals surface area contributed by atoms with Crippen molar-refractivity contribution < 1.29 is 24.1 Å². The molecule has 3 aromatic rings. The number of hydrogen-bond acceptors (Lipinski definition) is 9. The minimum Gasteiger partial charge on any atom is -0.445 e. The number of aromatic nitrogens is 2. The topological polar surface area (TPSA) is 103 Å². The number of hydrogen-bond donors (Lipinski definition) is 2. The van der Waals surface area contributed by atoms with Crippen LogP contribution in [-0.2, 0) is 27.4 Å². The van der Waals surface area contributed by atoms with Gasteiger partial charge in [-0.2, -0.15) is 0 Å². The van der Waals surface area contributed by atoms with Crippen LogP contribution in [0.5, 0.6) is 0 Å². The molecular formula is C26H29N3O5S2. The molecule has 0 radical (unpaired) electrons. The lowest BCUT2D eigenvalue weighted by Crippen LogP contribution is -2.31. The highest BCUT2D eigenvalue weighted by Gasteiger charge is 2.32. The van der Waals surface area contributed by atoms with Crippen LogP contribution in [0.4, 0.5) is 4.79 Å². The van der Waals surface area contributed by atoms with Crippen molar-refractivity contribution >= 4 is 29.2 Å². The zero-order chi connectivity index (χ0) is 25.3. The smallest absolute Gasteiger partial charge is 0.407 e. The molecule has 1 aromatic heterocycles. The monoisotopic (exact) mass is 527 g/mol. The van der Waals surface area contributed by atoms with Gasteiger partial charge in [0.2, 0.25) is 0 Å². The number of amides is 1. The zero-order valence-corrected chi connectivity index (χ0v) is 21.6. The SMILES string of the molecule is C=CCOC(=O)NCc1ccc([C@H]2O[C@@H](CSc3nnc(C)s3)C[C@@H](c3ccc(CO)cc3)O2)cc1. The first-order chi connectivity index (χ1) is 17.5. The van der Waals surface area contributed by atoms with Crippen LogP contribution in [0.15, 0.2) is 65.5 Å². The van der Waals surface area contributed by atoms with Crippen molar-refractivity contribution in [1.82, 2.24) is 15.5 Å². The summed E-state index contributed by atoms with van der Waals surface area (Å²) in [6.45, 7) is 5.99. The Hall–Kier alpha value is -2.76. The van der Waals surface area contributed by atoms with Gasteiger partial charge in [-0.3, -0.25) is 0 Å². The van der Waals surface area contributed by atoms with Gasteiger partial charge in [0.15, 0.2) is 10.6 Å². The van der Waals surface area contributed by atoms with Crippen LogP contribution in [0.3, 0.4) is 0 Å². The molecule has 8 nitrogen and oxygen atoms in total. The van der Waals surface area contributed by atoms with Gasteiger partial charge >= 0.3 is 6.09 Å². The fourth-order valence-electron chi connectivity index (χ4n) is 3.68. The molecule has 36 heavy (non-hydrogen) atoms. The molecular weight excluding hydrogens is 498 g/mol. The maximum atomic E-state index is 11.7. The Kier molecular flexibility index (Phi) is 9.48. The molecule has 0 unspecified atom stereocenters. The molecule has 1 amide bonds. The molecule has 0 spiro atoms. The Morgan fingerprint density at radius 2 is 1.89 bits per heavy atom. The fourth-order valence-corrected chi connectivity index (χ4v) is 5.54. The van der Waals surface area contributed by atoms with Crippen LogP contribution >= 0.6 is 23.1 Å². The first-order valence-electron chi connectivity index (χ1n) is 11.6. The Labute approximate surface area is 218 Å². The Balaban J connectivity index is 1.44. The van der Waals surface area contributed by atoms with E-state index in [1.165, 1.54) is 6.08 Å². The summed E-state index contributed by atoms with van der Waals surface area (Å²) in [4.78, 5) is 11.7. The first kappa shape index (κ1) is 26.3. The number of ether oxygens (including phenoxy) is 3. The predicted octanol–water partition coefficient (Wildman–Crippen LogP) is 5.09. The van der Waals surface area contributed by atoms with E-state index in [1.54, 1.807) is 23.1 Å². The van der Waals surface area contributed by atoms with Crippen molar-refractivity contribution in [3.05, 3.63) is 88.4 Å². The summed E-state index contributed by atoms with van der Waals surface area (Å²) < 4.78 is 18.6. The average Bonchev–Trinajstić information content (AvgIpc) is 3.34. The third-order valence-electron chi connectivity index (χ3n) is 5.54. The van der Waals surface area contributed by atoms with Gasteiger partial charge in [0.05, 0.1) is 18.8 Å². The van der Waals surface area contributed by atoms with Gasteiger partial charge in [0, 0.05) is 24.3 Å². The van der Waals surface area contributed by atoms with Gasteiger partial charge in [0.1, 0.15) is 11.6 Å². The molecule has 2 heterocycles. The van der Waals surface area contributed by atoms with Crippen molar-refractivity contribution in [2.24, 2.45) is 0 Å². The lowest BCUT2D eigenvalue weighted by Gasteiger charge is -2.36. The van der Waals surface area contributed by atoms with Crippen LogP contribution in [0.25, 0.3) is 0 Å². The second-order valence-electron chi connectivity index (χ2n) is 8.23. The van der Waals surface area contributed by atoms with E-state index in [4.69, 9.17) is 14.2 Å². The Morgan fingerprint density at radius 3 is 2.56 bits per heavy atom. The number of alkyl carbamates (subject to hydrolysis) is 1. The van der Waals surface area contributed by atoms with Crippen molar-refractivity contribution in [3.8, 4) is 0 Å². The molecule has 2 aromatic carbocycles. The maximum absolute atomic E-state index is 11.7. The van der Waals surface area contributed by atoms with Crippen LogP contribution in [0, 0.1) is 6.92 Å². The lowest BCUT2D eigenvalue weighted by molar-refractivity contribution is -0.245. The van der Waals surface area contributed by atoms with E-state index in [0.717, 1.165) is 37.4 Å². The van der Waals surface area contributed by atoms with Gasteiger partial charge < -0.3 is 24.6 Å². The molecule has 1 fully saturated rings. The van der Waals surface area contributed by atoms with Crippen molar-refractivity contribution in [2.45, 2.75) is 49.3 Å². The van der Waals surface area contributed by atoms with Crippen LogP contribution in [-0.4, -0.2) is 39.9 Å². The third-order valence-corrected chi connectivity index (χ3v) is 7.64. The molecule has 1 saturated heterocycles. The van der Waals surface area contributed by atoms with Gasteiger partial charge in [0.25, 0.3) is 0 Å². The number of rotatable bonds is 10.